The molecule has 1 spiro atoms. The van der Waals surface area contributed by atoms with Crippen LogP contribution in [0.1, 0.15) is 110 Å². The molecule has 260 valence electrons. The summed E-state index contributed by atoms with van der Waals surface area (Å²) in [6.07, 6.45) is 12.8. The van der Waals surface area contributed by atoms with Gasteiger partial charge in [-0.15, -0.1) is 0 Å². The summed E-state index contributed by atoms with van der Waals surface area (Å²) in [5.41, 5.74) is 20.1. The van der Waals surface area contributed by atoms with Gasteiger partial charge in [0.15, 0.2) is 0 Å². The second-order valence-corrected chi connectivity index (χ2v) is 19.9. The third kappa shape index (κ3) is 2.57. The lowest BCUT2D eigenvalue weighted by atomic mass is 9.43. The summed E-state index contributed by atoms with van der Waals surface area (Å²) in [5, 5.41) is 0. The van der Waals surface area contributed by atoms with E-state index in [1.54, 1.807) is 0 Å². The minimum Gasteiger partial charge on any atom is -0.551 e. The molecule has 12 aliphatic rings. The Morgan fingerprint density at radius 3 is 1.80 bits per heavy atom. The summed E-state index contributed by atoms with van der Waals surface area (Å²) < 4.78 is 22.1. The zero-order valence-corrected chi connectivity index (χ0v) is 30.1. The zero-order chi connectivity index (χ0) is 34.2. The molecule has 5 saturated carbocycles. The lowest BCUT2D eigenvalue weighted by Gasteiger charge is -2.48. The number of rotatable bonds is 0. The Balaban J connectivity index is 1.13. The molecule has 8 heteroatoms. The highest BCUT2D eigenvalue weighted by atomic mass is 16.4. The summed E-state index contributed by atoms with van der Waals surface area (Å²) in [7, 11) is 0. The SMILES string of the molecule is O=c1n2c3c(c4c2n2c5c(c6c(n15)C1CC5CC7CC6CC75C1)B1Oc5ccccc5-c5cc6c(c-2c51)B4Oc1ccccc1-6)C1CC2CC(C1)CC3C2. The number of para-hydroxylation sites is 2. The standard InChI is InChI=1S/C46H37B2N3O3/c52-45-50-40-23-12-20-9-21(13-23)11-22(10-20)34(40)38-43(50)49-42-36-30(28-5-1-3-7-32(28)53-47(36)38)17-31-29-6-2-4-8-33(29)54-48(37(31)42)39-35-24-14-26-16-27-15-25(19-46(26,27)18-24)41(35)51(45)44(39)49/h1-8,17,20-27H,9-16,18-19H2. The zero-order valence-electron chi connectivity index (χ0n) is 30.1. The van der Waals surface area contributed by atoms with E-state index in [1.165, 1.54) is 137 Å². The number of aromatic nitrogens is 3. The third-order valence-electron chi connectivity index (χ3n) is 18.1. The van der Waals surface area contributed by atoms with E-state index in [1.807, 2.05) is 0 Å². The van der Waals surface area contributed by atoms with Gasteiger partial charge in [-0.3, -0.25) is 13.4 Å². The summed E-state index contributed by atoms with van der Waals surface area (Å²) >= 11 is 0. The van der Waals surface area contributed by atoms with Crippen LogP contribution in [0.25, 0.3) is 39.2 Å². The van der Waals surface area contributed by atoms with Crippen LogP contribution in [0.4, 0.5) is 0 Å². The van der Waals surface area contributed by atoms with Crippen molar-refractivity contribution >= 4 is 47.0 Å². The minimum atomic E-state index is -0.254. The largest absolute Gasteiger partial charge is 0.551 e. The Labute approximate surface area is 312 Å². The van der Waals surface area contributed by atoms with Gasteiger partial charge in [0, 0.05) is 61.9 Å². The highest BCUT2D eigenvalue weighted by Crippen LogP contribution is 2.76. The van der Waals surface area contributed by atoms with Crippen LogP contribution < -0.4 is 36.8 Å². The topological polar surface area (TPSA) is 49.3 Å². The molecule has 8 aliphatic carbocycles. The number of hydrogen-bond donors (Lipinski definition) is 0. The van der Waals surface area contributed by atoms with E-state index in [0.717, 1.165) is 46.5 Å². The maximum absolute atomic E-state index is 16.1. The monoisotopic (exact) mass is 701 g/mol. The first-order valence-electron chi connectivity index (χ1n) is 21.3. The van der Waals surface area contributed by atoms with Gasteiger partial charge in [0.05, 0.1) is 0 Å². The van der Waals surface area contributed by atoms with Crippen molar-refractivity contribution in [2.45, 2.75) is 87.9 Å². The van der Waals surface area contributed by atoms with E-state index < -0.39 is 0 Å². The molecular weight excluding hydrogens is 664 g/mol. The van der Waals surface area contributed by atoms with Gasteiger partial charge in [-0.1, -0.05) is 36.4 Å². The van der Waals surface area contributed by atoms with Crippen LogP contribution in [0.5, 0.6) is 11.5 Å². The van der Waals surface area contributed by atoms with Gasteiger partial charge in [-0.05, 0) is 146 Å². The number of hydrogen-bond acceptors (Lipinski definition) is 3. The van der Waals surface area contributed by atoms with Crippen molar-refractivity contribution < 1.29 is 9.31 Å². The smallest absolute Gasteiger partial charge is 0.433 e. The van der Waals surface area contributed by atoms with Crippen molar-refractivity contribution in [2.75, 3.05) is 0 Å². The predicted octanol–water partition coefficient (Wildman–Crippen LogP) is 6.08. The second-order valence-electron chi connectivity index (χ2n) is 19.9. The van der Waals surface area contributed by atoms with Crippen LogP contribution in [-0.4, -0.2) is 27.2 Å². The van der Waals surface area contributed by atoms with E-state index in [-0.39, 0.29) is 19.5 Å². The normalized spacial score (nSPS) is 34.3. The van der Waals surface area contributed by atoms with Crippen molar-refractivity contribution in [1.29, 1.82) is 0 Å². The first kappa shape index (κ1) is 27.1. The molecule has 5 fully saturated rings. The molecule has 7 heterocycles. The van der Waals surface area contributed by atoms with Crippen LogP contribution in [0.15, 0.2) is 59.4 Å². The van der Waals surface area contributed by atoms with E-state index in [2.05, 4.69) is 68.0 Å². The van der Waals surface area contributed by atoms with Gasteiger partial charge in [0.2, 0.25) is 0 Å². The van der Waals surface area contributed by atoms with Crippen LogP contribution in [-0.2, 0) is 0 Å². The Kier molecular flexibility index (Phi) is 4.10. The van der Waals surface area contributed by atoms with Gasteiger partial charge in [0.1, 0.15) is 22.8 Å². The summed E-state index contributed by atoms with van der Waals surface area (Å²) in [6.45, 7) is -0.506. The third-order valence-corrected chi connectivity index (χ3v) is 18.1. The van der Waals surface area contributed by atoms with Gasteiger partial charge in [-0.25, -0.2) is 4.79 Å². The molecular formula is C46H37B2N3O3. The first-order chi connectivity index (χ1) is 26.6. The maximum Gasteiger partial charge on any atom is 0.433 e. The van der Waals surface area contributed by atoms with Gasteiger partial charge < -0.3 is 9.31 Å². The average Bonchev–Trinajstić information content (AvgIpc) is 3.85. The molecule has 18 rings (SSSR count). The van der Waals surface area contributed by atoms with Crippen LogP contribution >= 0.6 is 0 Å². The molecule has 54 heavy (non-hydrogen) atoms. The molecule has 6 aromatic rings. The molecule has 7 bridgehead atoms. The van der Waals surface area contributed by atoms with Gasteiger partial charge >= 0.3 is 19.5 Å². The number of nitrogens with zero attached hydrogens (tertiary/aromatic N) is 3. The number of fused-ring (bicyclic) bond motifs is 13. The summed E-state index contributed by atoms with van der Waals surface area (Å²) in [5.74, 6) is 7.00. The Hall–Kier alpha value is -4.58. The molecule has 0 N–H and O–H groups in total. The van der Waals surface area contributed by atoms with E-state index in [0.29, 0.717) is 29.1 Å². The molecule has 6 nitrogen and oxygen atoms in total. The summed E-state index contributed by atoms with van der Waals surface area (Å²) in [6, 6.07) is 20.0. The van der Waals surface area contributed by atoms with Crippen molar-refractivity contribution in [2.24, 2.45) is 29.1 Å². The second kappa shape index (κ2) is 8.17. The fourth-order valence-corrected chi connectivity index (χ4v) is 16.8. The van der Waals surface area contributed by atoms with E-state index in [4.69, 9.17) is 9.31 Å². The molecule has 7 unspecified atom stereocenters. The molecule has 3 aromatic heterocycles. The molecule has 3 aromatic carbocycles. The van der Waals surface area contributed by atoms with Crippen molar-refractivity contribution in [3.8, 4) is 39.4 Å². The molecule has 4 aliphatic heterocycles. The van der Waals surface area contributed by atoms with Crippen LogP contribution in [0.2, 0.25) is 0 Å². The molecule has 0 saturated heterocycles. The average molecular weight is 701 g/mol. The van der Waals surface area contributed by atoms with E-state index >= 15 is 4.79 Å². The van der Waals surface area contributed by atoms with Gasteiger partial charge in [0.25, 0.3) is 0 Å². The van der Waals surface area contributed by atoms with Gasteiger partial charge in [-0.2, -0.15) is 0 Å². The van der Waals surface area contributed by atoms with Crippen LogP contribution in [0.3, 0.4) is 0 Å². The minimum absolute atomic E-state index is 0.198. The predicted molar refractivity (Wildman–Crippen MR) is 210 cm³/mol. The first-order valence-corrected chi connectivity index (χ1v) is 21.3. The highest BCUT2D eigenvalue weighted by Gasteiger charge is 2.67. The Morgan fingerprint density at radius 1 is 0.574 bits per heavy atom. The molecule has 0 radical (unpaired) electrons. The summed E-state index contributed by atoms with van der Waals surface area (Å²) in [4.78, 5) is 16.1. The van der Waals surface area contributed by atoms with Crippen LogP contribution in [0, 0.1) is 29.1 Å². The maximum atomic E-state index is 16.1. The van der Waals surface area contributed by atoms with Crippen molar-refractivity contribution in [3.05, 3.63) is 87.6 Å². The highest BCUT2D eigenvalue weighted by molar-refractivity contribution is 6.90. The van der Waals surface area contributed by atoms with Crippen molar-refractivity contribution in [3.63, 3.8) is 0 Å². The lowest BCUT2D eigenvalue weighted by molar-refractivity contribution is 0.00321. The van der Waals surface area contributed by atoms with E-state index in [9.17, 15) is 0 Å². The Bertz CT molecular complexity index is 2980. The fraction of sp³-hybridized carbons (Fsp3) is 0.413. The molecule has 7 atom stereocenters. The molecule has 0 amide bonds. The van der Waals surface area contributed by atoms with Crippen molar-refractivity contribution in [1.82, 2.24) is 13.4 Å². The fourth-order valence-electron chi connectivity index (χ4n) is 16.8. The lowest BCUT2D eigenvalue weighted by Crippen LogP contribution is -2.64. The Morgan fingerprint density at radius 2 is 1.13 bits per heavy atom. The number of benzene rings is 3. The quantitative estimate of drug-likeness (QED) is 0.181.